The fourth-order valence-corrected chi connectivity index (χ4v) is 1.80. The van der Waals surface area contributed by atoms with E-state index < -0.39 is 0 Å². The van der Waals surface area contributed by atoms with Gasteiger partial charge in [-0.15, -0.1) is 0 Å². The van der Waals surface area contributed by atoms with Gasteiger partial charge < -0.3 is 4.74 Å². The van der Waals surface area contributed by atoms with Gasteiger partial charge >= 0.3 is 3.98 Å². The lowest BCUT2D eigenvalue weighted by molar-refractivity contribution is 0.230. The molecular weight excluding hydrogens is 341 g/mol. The lowest BCUT2D eigenvalue weighted by Gasteiger charge is -2.03. The summed E-state index contributed by atoms with van der Waals surface area (Å²) in [5.41, 5.74) is 2.66. The van der Waals surface area contributed by atoms with E-state index >= 15 is 0 Å². The van der Waals surface area contributed by atoms with Crippen molar-refractivity contribution in [3.63, 3.8) is 0 Å². The molecule has 3 nitrogen and oxygen atoms in total. The van der Waals surface area contributed by atoms with E-state index in [9.17, 15) is 4.79 Å². The van der Waals surface area contributed by atoms with Crippen molar-refractivity contribution < 1.29 is 9.53 Å². The molecule has 0 heterocycles. The molecule has 2 aromatic rings. The molecule has 0 saturated heterocycles. The fourth-order valence-electron chi connectivity index (χ4n) is 1.55. The van der Waals surface area contributed by atoms with Crippen LogP contribution in [-0.2, 0) is 0 Å². The predicted octanol–water partition coefficient (Wildman–Crippen LogP) is 4.16. The fraction of sp³-hybridized carbons (Fsp3) is 0. The highest BCUT2D eigenvalue weighted by molar-refractivity contribution is 14.1. The summed E-state index contributed by atoms with van der Waals surface area (Å²) < 4.78 is 4.58. The molecule has 0 amide bonds. The summed E-state index contributed by atoms with van der Waals surface area (Å²) >= 11 is 1.58. The van der Waals surface area contributed by atoms with Gasteiger partial charge in [0.2, 0.25) is 0 Å². The summed E-state index contributed by atoms with van der Waals surface area (Å²) in [5, 5.41) is 8.72. The zero-order chi connectivity index (χ0) is 13.0. The standard InChI is InChI=1S/C14H8INO2/c15-14(17)18-13-7-5-12(6-8-13)11-3-1-10(9-16)2-4-11/h1-8H. The molecule has 2 aromatic carbocycles. The van der Waals surface area contributed by atoms with Crippen molar-refractivity contribution in [2.45, 2.75) is 0 Å². The van der Waals surface area contributed by atoms with Gasteiger partial charge in [0, 0.05) is 0 Å². The summed E-state index contributed by atoms with van der Waals surface area (Å²) in [6, 6.07) is 16.6. The Labute approximate surface area is 118 Å². The smallest absolute Gasteiger partial charge is 0.372 e. The molecule has 88 valence electrons. The number of rotatable bonds is 2. The predicted molar refractivity (Wildman–Crippen MR) is 76.6 cm³/mol. The van der Waals surface area contributed by atoms with E-state index in [-0.39, 0.29) is 3.98 Å². The van der Waals surface area contributed by atoms with Crippen LogP contribution in [0.25, 0.3) is 11.1 Å². The second-order valence-corrected chi connectivity index (χ2v) is 4.43. The SMILES string of the molecule is N#Cc1ccc(-c2ccc(OC(=O)I)cc2)cc1. The van der Waals surface area contributed by atoms with Gasteiger partial charge in [0.1, 0.15) is 5.75 Å². The lowest BCUT2D eigenvalue weighted by atomic mass is 10.0. The van der Waals surface area contributed by atoms with Gasteiger partial charge in [0.05, 0.1) is 34.2 Å². The molecule has 0 saturated carbocycles. The van der Waals surface area contributed by atoms with Gasteiger partial charge in [-0.05, 0) is 35.4 Å². The summed E-state index contributed by atoms with van der Waals surface area (Å²) in [7, 11) is 0. The van der Waals surface area contributed by atoms with E-state index in [1.54, 1.807) is 46.9 Å². The zero-order valence-corrected chi connectivity index (χ0v) is 11.4. The maximum atomic E-state index is 10.8. The van der Waals surface area contributed by atoms with E-state index in [2.05, 4.69) is 6.07 Å². The number of carbonyl (C=O) groups is 1. The third-order valence-electron chi connectivity index (χ3n) is 2.40. The quantitative estimate of drug-likeness (QED) is 0.604. The van der Waals surface area contributed by atoms with Crippen molar-refractivity contribution in [3.8, 4) is 22.9 Å². The Kier molecular flexibility index (Phi) is 3.95. The van der Waals surface area contributed by atoms with E-state index in [1.165, 1.54) is 0 Å². The van der Waals surface area contributed by atoms with Crippen LogP contribution in [0.2, 0.25) is 0 Å². The number of carbonyl (C=O) groups excluding carboxylic acids is 1. The number of nitrogens with zero attached hydrogens (tertiary/aromatic N) is 1. The Morgan fingerprint density at radius 2 is 1.50 bits per heavy atom. The first-order valence-electron chi connectivity index (χ1n) is 5.17. The van der Waals surface area contributed by atoms with Crippen LogP contribution in [-0.4, -0.2) is 3.98 Å². The Morgan fingerprint density at radius 1 is 1.00 bits per heavy atom. The number of hydrogen-bond acceptors (Lipinski definition) is 3. The maximum absolute atomic E-state index is 10.8. The van der Waals surface area contributed by atoms with Gasteiger partial charge in [-0.1, -0.05) is 24.3 Å². The molecule has 0 aliphatic heterocycles. The topological polar surface area (TPSA) is 50.1 Å². The van der Waals surface area contributed by atoms with Gasteiger partial charge in [-0.25, -0.2) is 4.79 Å². The Hall–Kier alpha value is -1.87. The minimum Gasteiger partial charge on any atom is -0.419 e. The number of halogens is 1. The van der Waals surface area contributed by atoms with Crippen molar-refractivity contribution >= 4 is 26.6 Å². The molecule has 0 fully saturated rings. The molecule has 18 heavy (non-hydrogen) atoms. The molecule has 0 unspecified atom stereocenters. The first-order chi connectivity index (χ1) is 8.69. The third-order valence-corrected chi connectivity index (χ3v) is 2.62. The van der Waals surface area contributed by atoms with E-state index in [0.29, 0.717) is 11.3 Å². The Bertz CT molecular complexity index is 597. The van der Waals surface area contributed by atoms with Crippen LogP contribution < -0.4 is 4.74 Å². The molecule has 0 aliphatic rings. The molecule has 4 heteroatoms. The second kappa shape index (κ2) is 5.65. The molecule has 0 spiro atoms. The molecule has 0 aromatic heterocycles. The molecular formula is C14H8INO2. The molecule has 0 bridgehead atoms. The van der Waals surface area contributed by atoms with Gasteiger partial charge in [-0.2, -0.15) is 5.26 Å². The number of hydrogen-bond donors (Lipinski definition) is 0. The summed E-state index contributed by atoms with van der Waals surface area (Å²) in [5.74, 6) is 0.520. The number of nitriles is 1. The summed E-state index contributed by atoms with van der Waals surface area (Å²) in [4.78, 5) is 10.8. The lowest BCUT2D eigenvalue weighted by Crippen LogP contribution is -1.94. The first kappa shape index (κ1) is 12.6. The highest BCUT2D eigenvalue weighted by Gasteiger charge is 2.01. The van der Waals surface area contributed by atoms with Crippen molar-refractivity contribution in [2.75, 3.05) is 0 Å². The summed E-state index contributed by atoms with van der Waals surface area (Å²) in [6.45, 7) is 0. The van der Waals surface area contributed by atoms with Gasteiger partial charge in [0.25, 0.3) is 0 Å². The highest BCUT2D eigenvalue weighted by atomic mass is 127. The van der Waals surface area contributed by atoms with Crippen LogP contribution in [0.3, 0.4) is 0 Å². The minimum atomic E-state index is -0.362. The van der Waals surface area contributed by atoms with Crippen LogP contribution in [0.4, 0.5) is 4.79 Å². The average Bonchev–Trinajstić information content (AvgIpc) is 2.39. The monoisotopic (exact) mass is 349 g/mol. The zero-order valence-electron chi connectivity index (χ0n) is 9.26. The molecule has 0 aliphatic carbocycles. The van der Waals surface area contributed by atoms with Crippen LogP contribution in [0, 0.1) is 11.3 Å². The molecule has 0 radical (unpaired) electrons. The second-order valence-electron chi connectivity index (χ2n) is 3.55. The Balaban J connectivity index is 2.23. The van der Waals surface area contributed by atoms with Gasteiger partial charge in [0.15, 0.2) is 0 Å². The van der Waals surface area contributed by atoms with E-state index in [1.807, 2.05) is 24.3 Å². The van der Waals surface area contributed by atoms with Crippen molar-refractivity contribution in [3.05, 3.63) is 54.1 Å². The third kappa shape index (κ3) is 3.08. The van der Waals surface area contributed by atoms with Gasteiger partial charge in [-0.3, -0.25) is 0 Å². The van der Waals surface area contributed by atoms with E-state index in [4.69, 9.17) is 10.00 Å². The molecule has 0 atom stereocenters. The van der Waals surface area contributed by atoms with Crippen molar-refractivity contribution in [1.82, 2.24) is 0 Å². The van der Waals surface area contributed by atoms with E-state index in [0.717, 1.165) is 11.1 Å². The first-order valence-corrected chi connectivity index (χ1v) is 6.25. The summed E-state index contributed by atoms with van der Waals surface area (Å²) in [6.07, 6.45) is 0. The minimum absolute atomic E-state index is 0.362. The maximum Gasteiger partial charge on any atom is 0.372 e. The Morgan fingerprint density at radius 3 is 1.94 bits per heavy atom. The van der Waals surface area contributed by atoms with Crippen molar-refractivity contribution in [1.29, 1.82) is 5.26 Å². The number of ether oxygens (including phenoxy) is 1. The molecule has 2 rings (SSSR count). The average molecular weight is 349 g/mol. The van der Waals surface area contributed by atoms with Crippen LogP contribution in [0.1, 0.15) is 5.56 Å². The normalized spacial score (nSPS) is 9.56. The largest absolute Gasteiger partial charge is 0.419 e. The van der Waals surface area contributed by atoms with Crippen molar-refractivity contribution in [2.24, 2.45) is 0 Å². The number of benzene rings is 2. The molecule has 0 N–H and O–H groups in total. The highest BCUT2D eigenvalue weighted by Crippen LogP contribution is 2.23. The van der Waals surface area contributed by atoms with Crippen LogP contribution in [0.5, 0.6) is 5.75 Å². The van der Waals surface area contributed by atoms with Crippen LogP contribution >= 0.6 is 22.6 Å². The van der Waals surface area contributed by atoms with Crippen LogP contribution in [0.15, 0.2) is 48.5 Å².